The quantitative estimate of drug-likeness (QED) is 0.563. The third-order valence-electron chi connectivity index (χ3n) is 5.54. The number of rotatable bonds is 8. The number of hydrogen-bond acceptors (Lipinski definition) is 3. The molecule has 0 saturated heterocycles. The highest BCUT2D eigenvalue weighted by molar-refractivity contribution is 5.73. The number of nitrogens with zero attached hydrogens (tertiary/aromatic N) is 3. The average Bonchev–Trinajstić information content (AvgIpc) is 3.17. The van der Waals surface area contributed by atoms with E-state index in [9.17, 15) is 4.79 Å². The van der Waals surface area contributed by atoms with Crippen LogP contribution < -0.4 is 10.6 Å². The number of urea groups is 1. The Morgan fingerprint density at radius 2 is 1.77 bits per heavy atom. The van der Waals surface area contributed by atoms with Crippen molar-refractivity contribution in [3.05, 3.63) is 71.5 Å². The van der Waals surface area contributed by atoms with Crippen LogP contribution in [-0.2, 0) is 25.8 Å². The molecule has 0 fully saturated rings. The number of benzene rings is 1. The number of pyridine rings is 1. The van der Waals surface area contributed by atoms with Crippen LogP contribution in [0, 0.1) is 0 Å². The molecular weight excluding hydrogens is 374 g/mol. The van der Waals surface area contributed by atoms with Crippen LogP contribution >= 0.6 is 0 Å². The standard InChI is InChI=1S/C24H29N5O/c30-24(26-16-8-11-19-9-2-1-3-10-19)27-17-18-29-22-14-5-4-12-20(22)23(28-29)21-13-6-7-15-25-21/h1-3,6-7,9-10,13,15H,4-5,8,11-12,14,16-18H2,(H2,26,27,30). The van der Waals surface area contributed by atoms with Crippen LogP contribution in [0.15, 0.2) is 54.7 Å². The van der Waals surface area contributed by atoms with Crippen molar-refractivity contribution in [2.75, 3.05) is 13.1 Å². The molecule has 30 heavy (non-hydrogen) atoms. The third-order valence-corrected chi connectivity index (χ3v) is 5.54. The van der Waals surface area contributed by atoms with Crippen LogP contribution in [0.2, 0.25) is 0 Å². The number of fused-ring (bicyclic) bond motifs is 1. The number of carbonyl (C=O) groups excluding carboxylic acids is 1. The maximum Gasteiger partial charge on any atom is 0.314 e. The van der Waals surface area contributed by atoms with Crippen molar-refractivity contribution >= 4 is 6.03 Å². The zero-order valence-electron chi connectivity index (χ0n) is 17.3. The lowest BCUT2D eigenvalue weighted by atomic mass is 9.95. The van der Waals surface area contributed by atoms with E-state index >= 15 is 0 Å². The minimum Gasteiger partial charge on any atom is -0.338 e. The molecule has 1 aromatic carbocycles. The van der Waals surface area contributed by atoms with E-state index in [2.05, 4.69) is 32.4 Å². The summed E-state index contributed by atoms with van der Waals surface area (Å²) in [5.74, 6) is 0. The normalized spacial score (nSPS) is 12.9. The van der Waals surface area contributed by atoms with E-state index in [0.29, 0.717) is 19.6 Å². The summed E-state index contributed by atoms with van der Waals surface area (Å²) >= 11 is 0. The minimum absolute atomic E-state index is 0.117. The fourth-order valence-electron chi connectivity index (χ4n) is 4.04. The Hall–Kier alpha value is -3.15. The molecule has 6 nitrogen and oxygen atoms in total. The van der Waals surface area contributed by atoms with Gasteiger partial charge in [0.2, 0.25) is 0 Å². The summed E-state index contributed by atoms with van der Waals surface area (Å²) in [6.07, 6.45) is 8.19. The van der Waals surface area contributed by atoms with Crippen molar-refractivity contribution < 1.29 is 4.79 Å². The summed E-state index contributed by atoms with van der Waals surface area (Å²) in [5.41, 5.74) is 5.85. The molecule has 0 radical (unpaired) electrons. The van der Waals surface area contributed by atoms with Gasteiger partial charge in [0, 0.05) is 30.5 Å². The van der Waals surface area contributed by atoms with Crippen LogP contribution in [0.4, 0.5) is 4.79 Å². The first-order valence-electron chi connectivity index (χ1n) is 10.9. The van der Waals surface area contributed by atoms with Gasteiger partial charge < -0.3 is 10.6 Å². The van der Waals surface area contributed by atoms with Gasteiger partial charge >= 0.3 is 6.03 Å². The lowest BCUT2D eigenvalue weighted by Crippen LogP contribution is -2.38. The Balaban J connectivity index is 1.27. The summed E-state index contributed by atoms with van der Waals surface area (Å²) in [6, 6.07) is 16.2. The van der Waals surface area contributed by atoms with E-state index in [1.807, 2.05) is 42.6 Å². The smallest absolute Gasteiger partial charge is 0.314 e. The number of carbonyl (C=O) groups is 1. The van der Waals surface area contributed by atoms with Gasteiger partial charge in [0.15, 0.2) is 0 Å². The molecule has 3 aromatic rings. The largest absolute Gasteiger partial charge is 0.338 e. The first-order valence-corrected chi connectivity index (χ1v) is 10.9. The van der Waals surface area contributed by atoms with E-state index in [-0.39, 0.29) is 6.03 Å². The topological polar surface area (TPSA) is 71.8 Å². The molecule has 6 heteroatoms. The molecule has 0 saturated carbocycles. The molecule has 2 aromatic heterocycles. The second-order valence-electron chi connectivity index (χ2n) is 7.69. The van der Waals surface area contributed by atoms with Gasteiger partial charge in [-0.25, -0.2) is 4.79 Å². The highest BCUT2D eigenvalue weighted by Gasteiger charge is 2.22. The summed E-state index contributed by atoms with van der Waals surface area (Å²) < 4.78 is 2.06. The molecule has 0 aliphatic heterocycles. The Morgan fingerprint density at radius 1 is 0.967 bits per heavy atom. The molecule has 4 rings (SSSR count). The van der Waals surface area contributed by atoms with E-state index < -0.39 is 0 Å². The Kier molecular flexibility index (Phi) is 6.75. The van der Waals surface area contributed by atoms with Crippen molar-refractivity contribution in [2.24, 2.45) is 0 Å². The zero-order valence-corrected chi connectivity index (χ0v) is 17.3. The van der Waals surface area contributed by atoms with Crippen LogP contribution in [0.3, 0.4) is 0 Å². The van der Waals surface area contributed by atoms with Crippen molar-refractivity contribution in [1.82, 2.24) is 25.4 Å². The van der Waals surface area contributed by atoms with Gasteiger partial charge in [0.05, 0.1) is 12.2 Å². The SMILES string of the molecule is O=C(NCCCc1ccccc1)NCCn1nc(-c2ccccn2)c2c1CCCC2. The Morgan fingerprint density at radius 3 is 2.60 bits per heavy atom. The number of nitrogens with one attached hydrogen (secondary N) is 2. The monoisotopic (exact) mass is 403 g/mol. The van der Waals surface area contributed by atoms with Gasteiger partial charge in [-0.1, -0.05) is 36.4 Å². The zero-order chi connectivity index (χ0) is 20.6. The van der Waals surface area contributed by atoms with Crippen LogP contribution in [-0.4, -0.2) is 33.9 Å². The number of aryl methyl sites for hydroxylation is 1. The summed E-state index contributed by atoms with van der Waals surface area (Å²) in [4.78, 5) is 16.6. The highest BCUT2D eigenvalue weighted by Crippen LogP contribution is 2.30. The second-order valence-corrected chi connectivity index (χ2v) is 7.69. The number of amides is 2. The molecule has 0 unspecified atom stereocenters. The van der Waals surface area contributed by atoms with Crippen molar-refractivity contribution in [2.45, 2.75) is 45.1 Å². The van der Waals surface area contributed by atoms with Crippen LogP contribution in [0.1, 0.15) is 36.1 Å². The molecule has 0 bridgehead atoms. The molecule has 1 aliphatic carbocycles. The highest BCUT2D eigenvalue weighted by atomic mass is 16.2. The molecular formula is C24H29N5O. The lowest BCUT2D eigenvalue weighted by Gasteiger charge is -2.14. The van der Waals surface area contributed by atoms with Gasteiger partial charge in [0.1, 0.15) is 5.69 Å². The van der Waals surface area contributed by atoms with Crippen molar-refractivity contribution in [1.29, 1.82) is 0 Å². The number of aromatic nitrogens is 3. The second kappa shape index (κ2) is 10.1. The van der Waals surface area contributed by atoms with Gasteiger partial charge in [-0.15, -0.1) is 0 Å². The minimum atomic E-state index is -0.117. The average molecular weight is 404 g/mol. The predicted octanol–water partition coefficient (Wildman–Crippen LogP) is 3.76. The molecule has 2 N–H and O–H groups in total. The Labute approximate surface area is 177 Å². The van der Waals surface area contributed by atoms with Crippen LogP contribution in [0.5, 0.6) is 0 Å². The van der Waals surface area contributed by atoms with E-state index in [1.165, 1.54) is 29.7 Å². The van der Waals surface area contributed by atoms with E-state index in [0.717, 1.165) is 37.1 Å². The third kappa shape index (κ3) is 5.06. The predicted molar refractivity (Wildman–Crippen MR) is 118 cm³/mol. The van der Waals surface area contributed by atoms with E-state index in [1.54, 1.807) is 0 Å². The molecule has 2 heterocycles. The molecule has 1 aliphatic rings. The lowest BCUT2D eigenvalue weighted by molar-refractivity contribution is 0.240. The van der Waals surface area contributed by atoms with Gasteiger partial charge in [0.25, 0.3) is 0 Å². The maximum absolute atomic E-state index is 12.1. The first-order chi connectivity index (χ1) is 14.8. The van der Waals surface area contributed by atoms with Gasteiger partial charge in [-0.3, -0.25) is 9.67 Å². The van der Waals surface area contributed by atoms with Crippen molar-refractivity contribution in [3.8, 4) is 11.4 Å². The summed E-state index contributed by atoms with van der Waals surface area (Å²) in [6.45, 7) is 1.90. The summed E-state index contributed by atoms with van der Waals surface area (Å²) in [5, 5.41) is 10.8. The fourth-order valence-corrected chi connectivity index (χ4v) is 4.04. The van der Waals surface area contributed by atoms with Crippen LogP contribution in [0.25, 0.3) is 11.4 Å². The molecule has 0 spiro atoms. The van der Waals surface area contributed by atoms with E-state index in [4.69, 9.17) is 5.10 Å². The molecule has 0 atom stereocenters. The van der Waals surface area contributed by atoms with Gasteiger partial charge in [-0.2, -0.15) is 5.10 Å². The number of hydrogen-bond donors (Lipinski definition) is 2. The van der Waals surface area contributed by atoms with Crippen molar-refractivity contribution in [3.63, 3.8) is 0 Å². The van der Waals surface area contributed by atoms with Gasteiger partial charge in [-0.05, 0) is 56.2 Å². The maximum atomic E-state index is 12.1. The molecule has 2 amide bonds. The first kappa shape index (κ1) is 20.1. The molecule has 156 valence electrons. The summed E-state index contributed by atoms with van der Waals surface area (Å²) in [7, 11) is 0. The Bertz CT molecular complexity index is 952. The fraction of sp³-hybridized carbons (Fsp3) is 0.375.